The number of allylic oxidation sites excluding steroid dienone is 4. The summed E-state index contributed by atoms with van der Waals surface area (Å²) < 4.78 is 11.8. The predicted octanol–water partition coefficient (Wildman–Crippen LogP) is 5.22. The highest BCUT2D eigenvalue weighted by atomic mass is 16.6. The van der Waals surface area contributed by atoms with Gasteiger partial charge in [0.15, 0.2) is 18.0 Å². The summed E-state index contributed by atoms with van der Waals surface area (Å²) in [6.45, 7) is 3.54. The monoisotopic (exact) mass is 582 g/mol. The molecule has 0 amide bonds. The largest absolute Gasteiger partial charge is 0.457 e. The van der Waals surface area contributed by atoms with E-state index in [4.69, 9.17) is 9.47 Å². The number of carbonyl (C=O) groups excluding carboxylic acids is 4. The van der Waals surface area contributed by atoms with Gasteiger partial charge in [-0.05, 0) is 73.8 Å². The Bertz CT molecular complexity index is 1490. The van der Waals surface area contributed by atoms with Crippen molar-refractivity contribution in [2.75, 3.05) is 6.61 Å². The average Bonchev–Trinajstić information content (AvgIpc) is 3.29. The van der Waals surface area contributed by atoms with Gasteiger partial charge in [0.05, 0.1) is 18.1 Å². The Hall–Kier alpha value is -3.84. The number of ether oxygens (including phenoxy) is 2. The molecule has 2 aromatic rings. The molecule has 0 bridgehead atoms. The van der Waals surface area contributed by atoms with Gasteiger partial charge in [0.25, 0.3) is 0 Å². The lowest BCUT2D eigenvalue weighted by molar-refractivity contribution is -0.182. The fraction of sp³-hybridized carbons (Fsp3) is 0.444. The van der Waals surface area contributed by atoms with Crippen LogP contribution >= 0.6 is 0 Å². The lowest BCUT2D eigenvalue weighted by atomic mass is 9.46. The van der Waals surface area contributed by atoms with Crippen LogP contribution in [0, 0.1) is 28.6 Å². The molecule has 7 heteroatoms. The third kappa shape index (κ3) is 4.88. The number of carbonyl (C=O) groups is 4. The van der Waals surface area contributed by atoms with Crippen molar-refractivity contribution in [3.8, 4) is 0 Å². The number of Topliss-reactive ketones (excluding diaryl/α,β-unsaturated/α-hetero) is 1. The van der Waals surface area contributed by atoms with E-state index in [9.17, 15) is 24.3 Å². The van der Waals surface area contributed by atoms with Crippen molar-refractivity contribution in [3.05, 3.63) is 95.6 Å². The maximum absolute atomic E-state index is 14.3. The quantitative estimate of drug-likeness (QED) is 0.447. The van der Waals surface area contributed by atoms with Crippen LogP contribution in [-0.2, 0) is 30.3 Å². The zero-order valence-corrected chi connectivity index (χ0v) is 24.7. The first-order valence-corrected chi connectivity index (χ1v) is 15.2. The van der Waals surface area contributed by atoms with E-state index in [2.05, 4.69) is 6.92 Å². The normalized spacial score (nSPS) is 34.3. The Morgan fingerprint density at radius 2 is 1.67 bits per heavy atom. The van der Waals surface area contributed by atoms with Gasteiger partial charge < -0.3 is 14.6 Å². The smallest absolute Gasteiger partial charge is 0.339 e. The van der Waals surface area contributed by atoms with E-state index in [-0.39, 0.29) is 42.8 Å². The first-order valence-electron chi connectivity index (χ1n) is 15.2. The van der Waals surface area contributed by atoms with Gasteiger partial charge in [0.1, 0.15) is 0 Å². The molecule has 0 unspecified atom stereocenters. The van der Waals surface area contributed by atoms with Gasteiger partial charge in [-0.2, -0.15) is 0 Å². The summed E-state index contributed by atoms with van der Waals surface area (Å²) >= 11 is 0. The zero-order chi connectivity index (χ0) is 30.4. The van der Waals surface area contributed by atoms with E-state index in [1.165, 1.54) is 0 Å². The number of fused-ring (bicyclic) bond motifs is 5. The first-order chi connectivity index (χ1) is 20.6. The molecule has 7 nitrogen and oxygen atoms in total. The van der Waals surface area contributed by atoms with Crippen molar-refractivity contribution in [1.82, 2.24) is 0 Å². The van der Waals surface area contributed by atoms with Crippen molar-refractivity contribution in [2.24, 2.45) is 28.6 Å². The number of ketones is 2. The van der Waals surface area contributed by atoms with Crippen LogP contribution in [0.15, 0.2) is 84.5 Å². The Balaban J connectivity index is 1.31. The second-order valence-corrected chi connectivity index (χ2v) is 13.1. The summed E-state index contributed by atoms with van der Waals surface area (Å²) in [6.07, 6.45) is 7.15. The maximum atomic E-state index is 14.3. The van der Waals surface area contributed by atoms with Crippen LogP contribution in [0.1, 0.15) is 61.9 Å². The molecule has 0 aliphatic heterocycles. The SMILES string of the molecule is C[C@]12C=CC(=O)C=C1CC[C@@H]1[C@@H]2[C@@H](O)C[C@@]2(C)[C@H]1CC[C@@]2(OC(=O)c1ccccc1)C(=O)COC(=O)Cc1ccccc1. The lowest BCUT2D eigenvalue weighted by Gasteiger charge is -2.59. The topological polar surface area (TPSA) is 107 Å². The Kier molecular flexibility index (Phi) is 7.49. The molecule has 3 fully saturated rings. The van der Waals surface area contributed by atoms with Gasteiger partial charge >= 0.3 is 11.9 Å². The number of aliphatic hydroxyl groups is 1. The van der Waals surface area contributed by atoms with E-state index < -0.39 is 46.9 Å². The van der Waals surface area contributed by atoms with Crippen molar-refractivity contribution >= 4 is 23.5 Å². The van der Waals surface area contributed by atoms with Gasteiger partial charge in [-0.15, -0.1) is 0 Å². The number of aliphatic hydroxyl groups excluding tert-OH is 1. The number of hydrogen-bond acceptors (Lipinski definition) is 7. The van der Waals surface area contributed by atoms with Crippen molar-refractivity contribution in [3.63, 3.8) is 0 Å². The summed E-state index contributed by atoms with van der Waals surface area (Å²) in [5.74, 6) is -1.73. The van der Waals surface area contributed by atoms with Gasteiger partial charge in [0.2, 0.25) is 5.78 Å². The molecule has 224 valence electrons. The molecule has 4 aliphatic carbocycles. The molecular formula is C36H38O7. The van der Waals surface area contributed by atoms with Crippen molar-refractivity contribution < 1.29 is 33.8 Å². The first kappa shape index (κ1) is 29.2. The fourth-order valence-corrected chi connectivity index (χ4v) is 8.86. The fourth-order valence-electron chi connectivity index (χ4n) is 8.86. The van der Waals surface area contributed by atoms with Gasteiger partial charge in [-0.25, -0.2) is 4.79 Å². The zero-order valence-electron chi connectivity index (χ0n) is 24.7. The standard InChI is InChI=1S/C36H38O7/c1-34-17-15-26(37)20-25(34)13-14-27-28-16-18-36(35(28,2)21-29(38)32(27)34,43-33(41)24-11-7-4-8-12-24)30(39)22-42-31(40)19-23-9-5-3-6-10-23/h3-12,15,17,20,27-29,32,38H,13-14,16,18-19,21-22H2,1-2H3/t27-,28-,29-,32+,34-,35-,36+/m0/s1. The average molecular weight is 583 g/mol. The minimum atomic E-state index is -1.57. The molecule has 0 radical (unpaired) electrons. The molecule has 4 aliphatic rings. The Morgan fingerprint density at radius 1 is 0.977 bits per heavy atom. The molecule has 3 saturated carbocycles. The van der Waals surface area contributed by atoms with Crippen LogP contribution in [-0.4, -0.2) is 46.9 Å². The van der Waals surface area contributed by atoms with Crippen molar-refractivity contribution in [1.29, 1.82) is 0 Å². The molecule has 0 saturated heterocycles. The Labute approximate surface area is 252 Å². The molecule has 43 heavy (non-hydrogen) atoms. The van der Waals surface area contributed by atoms with Crippen LogP contribution in [0.3, 0.4) is 0 Å². The van der Waals surface area contributed by atoms with Crippen molar-refractivity contribution in [2.45, 2.75) is 64.1 Å². The predicted molar refractivity (Wildman–Crippen MR) is 159 cm³/mol. The van der Waals surface area contributed by atoms with Gasteiger partial charge in [0, 0.05) is 16.7 Å². The second-order valence-electron chi connectivity index (χ2n) is 13.1. The number of esters is 2. The molecular weight excluding hydrogens is 544 g/mol. The minimum Gasteiger partial charge on any atom is -0.457 e. The van der Waals surface area contributed by atoms with Crippen LogP contribution in [0.4, 0.5) is 0 Å². The van der Waals surface area contributed by atoms with E-state index in [1.807, 2.05) is 43.3 Å². The van der Waals surface area contributed by atoms with Crippen LogP contribution in [0.2, 0.25) is 0 Å². The molecule has 0 heterocycles. The molecule has 6 rings (SSSR count). The van der Waals surface area contributed by atoms with Crippen LogP contribution in [0.25, 0.3) is 0 Å². The molecule has 7 atom stereocenters. The number of hydrogen-bond donors (Lipinski definition) is 1. The number of benzene rings is 2. The summed E-state index contributed by atoms with van der Waals surface area (Å²) in [5.41, 5.74) is -0.761. The third-order valence-electron chi connectivity index (χ3n) is 10.9. The van der Waals surface area contributed by atoms with Crippen LogP contribution in [0.5, 0.6) is 0 Å². The molecule has 0 aromatic heterocycles. The minimum absolute atomic E-state index is 0.0159. The maximum Gasteiger partial charge on any atom is 0.339 e. The highest BCUT2D eigenvalue weighted by molar-refractivity contribution is 6.01. The van der Waals surface area contributed by atoms with Gasteiger partial charge in [-0.1, -0.05) is 74.0 Å². The highest BCUT2D eigenvalue weighted by Crippen LogP contribution is 2.68. The van der Waals surface area contributed by atoms with Gasteiger partial charge in [-0.3, -0.25) is 14.4 Å². The van der Waals surface area contributed by atoms with Crippen LogP contribution < -0.4 is 0 Å². The summed E-state index contributed by atoms with van der Waals surface area (Å²) in [6, 6.07) is 17.7. The van der Waals surface area contributed by atoms with E-state index >= 15 is 0 Å². The third-order valence-corrected chi connectivity index (χ3v) is 10.9. The molecule has 0 spiro atoms. The lowest BCUT2D eigenvalue weighted by Crippen LogP contribution is -2.63. The Morgan fingerprint density at radius 3 is 2.40 bits per heavy atom. The van der Waals surface area contributed by atoms with E-state index in [0.29, 0.717) is 12.0 Å². The second kappa shape index (κ2) is 11.0. The summed E-state index contributed by atoms with van der Waals surface area (Å²) in [5, 5.41) is 11.9. The molecule has 1 N–H and O–H groups in total. The summed E-state index contributed by atoms with van der Waals surface area (Å²) in [4.78, 5) is 52.7. The van der Waals surface area contributed by atoms with E-state index in [0.717, 1.165) is 24.0 Å². The number of rotatable bonds is 7. The highest BCUT2D eigenvalue weighted by Gasteiger charge is 2.70. The molecule has 2 aromatic carbocycles. The van der Waals surface area contributed by atoms with E-state index in [1.54, 1.807) is 42.5 Å². The summed E-state index contributed by atoms with van der Waals surface area (Å²) in [7, 11) is 0.